The highest BCUT2D eigenvalue weighted by atomic mass is 16.6. The Hall–Kier alpha value is -5.93. The summed E-state index contributed by atoms with van der Waals surface area (Å²) in [6, 6.07) is 11.7. The van der Waals surface area contributed by atoms with Gasteiger partial charge in [-0.25, -0.2) is 33.8 Å². The zero-order valence-electron chi connectivity index (χ0n) is 34.5. The molecule has 0 atom stereocenters. The molecule has 302 valence electrons. The molecule has 0 radical (unpaired) electrons. The van der Waals surface area contributed by atoms with Crippen molar-refractivity contribution in [3.8, 4) is 17.0 Å². The minimum atomic E-state index is -0.987. The molecule has 0 N–H and O–H groups in total. The summed E-state index contributed by atoms with van der Waals surface area (Å²) < 4.78 is 24.0. The quantitative estimate of drug-likeness (QED) is 0.0854. The number of fused-ring (bicyclic) bond motifs is 1. The summed E-state index contributed by atoms with van der Waals surface area (Å²) in [5.74, 6) is -0.0932. The molecule has 4 rings (SSSR count). The Morgan fingerprint density at radius 2 is 1.50 bits per heavy atom. The van der Waals surface area contributed by atoms with Gasteiger partial charge in [-0.15, -0.1) is 0 Å². The smallest absolute Gasteiger partial charge is 0.422 e. The number of carbonyl (C=O) groups is 3. The van der Waals surface area contributed by atoms with Crippen LogP contribution in [0.15, 0.2) is 48.7 Å². The van der Waals surface area contributed by atoms with E-state index in [0.717, 1.165) is 4.90 Å². The van der Waals surface area contributed by atoms with E-state index in [1.165, 1.54) is 34.9 Å². The highest BCUT2D eigenvalue weighted by Gasteiger charge is 2.35. The van der Waals surface area contributed by atoms with E-state index in [-0.39, 0.29) is 48.5 Å². The van der Waals surface area contributed by atoms with Crippen molar-refractivity contribution in [3.63, 3.8) is 0 Å². The molecule has 56 heavy (non-hydrogen) atoms. The lowest BCUT2D eigenvalue weighted by atomic mass is 9.87. The van der Waals surface area contributed by atoms with Crippen LogP contribution in [0, 0.1) is 10.1 Å². The molecule has 16 heteroatoms. The number of nitrogens with zero attached hydrogens (tertiary/aromatic N) is 7. The van der Waals surface area contributed by atoms with Gasteiger partial charge < -0.3 is 28.7 Å². The molecule has 0 unspecified atom stereocenters. The van der Waals surface area contributed by atoms with Crippen molar-refractivity contribution in [2.24, 2.45) is 0 Å². The van der Waals surface area contributed by atoms with Crippen molar-refractivity contribution in [1.82, 2.24) is 19.4 Å². The minimum Gasteiger partial charge on any atom is -0.494 e. The third-order valence-electron chi connectivity index (χ3n) is 8.31. The lowest BCUT2D eigenvalue weighted by molar-refractivity contribution is -0.384. The number of benzene rings is 2. The van der Waals surface area contributed by atoms with Crippen LogP contribution in [-0.2, 0) is 19.6 Å². The summed E-state index contributed by atoms with van der Waals surface area (Å²) in [7, 11) is 4.59. The number of nitro benzene ring substituents is 1. The molecule has 0 saturated heterocycles. The largest absolute Gasteiger partial charge is 0.494 e. The van der Waals surface area contributed by atoms with Gasteiger partial charge in [0.25, 0.3) is 5.69 Å². The zero-order chi connectivity index (χ0) is 41.9. The summed E-state index contributed by atoms with van der Waals surface area (Å²) in [6.07, 6.45) is -0.554. The maximum atomic E-state index is 14.2. The predicted molar refractivity (Wildman–Crippen MR) is 214 cm³/mol. The van der Waals surface area contributed by atoms with Crippen molar-refractivity contribution in [2.75, 3.05) is 50.7 Å². The van der Waals surface area contributed by atoms with Crippen LogP contribution in [0.1, 0.15) is 74.9 Å². The highest BCUT2D eigenvalue weighted by molar-refractivity contribution is 6.03. The number of nitro groups is 1. The first-order valence-electron chi connectivity index (χ1n) is 18.2. The number of hydrogen-bond donors (Lipinski definition) is 0. The Kier molecular flexibility index (Phi) is 12.6. The first-order valence-corrected chi connectivity index (χ1v) is 18.2. The first-order chi connectivity index (χ1) is 26.0. The van der Waals surface area contributed by atoms with Gasteiger partial charge in [0, 0.05) is 67.6 Å². The predicted octanol–water partition coefficient (Wildman–Crippen LogP) is 8.69. The molecule has 2 aromatic heterocycles. The number of carbonyl (C=O) groups excluding carboxylic acids is 3. The first kappa shape index (κ1) is 42.8. The Balaban J connectivity index is 1.93. The highest BCUT2D eigenvalue weighted by Crippen LogP contribution is 2.44. The molecular weight excluding hydrogens is 722 g/mol. The number of amides is 2. The Morgan fingerprint density at radius 3 is 2.07 bits per heavy atom. The number of para-hydroxylation sites is 1. The van der Waals surface area contributed by atoms with E-state index < -0.39 is 39.8 Å². The second-order valence-electron chi connectivity index (χ2n) is 16.2. The molecule has 0 spiro atoms. The molecule has 2 amide bonds. The molecule has 0 aliphatic carbocycles. The fraction of sp³-hybridized carbons (Fsp3) is 0.475. The monoisotopic (exact) mass is 775 g/mol. The lowest BCUT2D eigenvalue weighted by Gasteiger charge is -2.29. The molecule has 0 aliphatic heterocycles. The van der Waals surface area contributed by atoms with Gasteiger partial charge in [-0.05, 0) is 60.6 Å². The standard InChI is InChI=1S/C40H53N7O9/c1-14-54-36(49)45-27-18-16-15-17-25(27)32(33(45)38(2,3)4)26-19-20-41-34(42-26)46(37(50)56-40(8,9)10)30-23-29(47(51)52)28(24-31(30)53-13)43(11)21-22-44(12)35(48)55-39(5,6)7/h15-20,23-24H,14,21-22H2,1-13H3. The van der Waals surface area contributed by atoms with Crippen molar-refractivity contribution in [1.29, 1.82) is 0 Å². The summed E-state index contributed by atoms with van der Waals surface area (Å²) in [6.45, 7) is 18.5. The molecule has 0 fully saturated rings. The SMILES string of the molecule is CCOC(=O)n1c(C(C)(C)C)c(-c2ccnc(N(C(=O)OC(C)(C)C)c3cc([N+](=O)[O-])c(N(C)CCN(C)C(=O)OC(C)(C)C)cc3OC)n2)c2ccccc21. The summed E-state index contributed by atoms with van der Waals surface area (Å²) in [4.78, 5) is 65.7. The normalized spacial score (nSPS) is 11.9. The summed E-state index contributed by atoms with van der Waals surface area (Å²) >= 11 is 0. The average Bonchev–Trinajstić information content (AvgIpc) is 3.45. The number of anilines is 3. The Bertz CT molecular complexity index is 2110. The van der Waals surface area contributed by atoms with Gasteiger partial charge in [-0.1, -0.05) is 39.0 Å². The van der Waals surface area contributed by atoms with Crippen molar-refractivity contribution >= 4 is 52.2 Å². The number of rotatable bonds is 10. The minimum absolute atomic E-state index is 0.0568. The number of aromatic nitrogens is 3. The van der Waals surface area contributed by atoms with E-state index >= 15 is 0 Å². The molecule has 16 nitrogen and oxygen atoms in total. The van der Waals surface area contributed by atoms with Crippen molar-refractivity contribution < 1.29 is 38.3 Å². The fourth-order valence-electron chi connectivity index (χ4n) is 5.97. The number of methoxy groups -OCH3 is 1. The van der Waals surface area contributed by atoms with Crippen LogP contribution >= 0.6 is 0 Å². The Morgan fingerprint density at radius 1 is 0.875 bits per heavy atom. The van der Waals surface area contributed by atoms with Crippen LogP contribution in [0.3, 0.4) is 0 Å². The number of likely N-dealkylation sites (N-methyl/N-ethyl adjacent to an activating group) is 2. The van der Waals surface area contributed by atoms with Crippen molar-refractivity contribution in [3.05, 3.63) is 64.5 Å². The van der Waals surface area contributed by atoms with Gasteiger partial charge in [0.2, 0.25) is 5.95 Å². The van der Waals surface area contributed by atoms with Gasteiger partial charge in [-0.2, -0.15) is 0 Å². The molecule has 2 heterocycles. The second-order valence-corrected chi connectivity index (χ2v) is 16.2. The van der Waals surface area contributed by atoms with Gasteiger partial charge in [0.05, 0.1) is 29.9 Å². The van der Waals surface area contributed by atoms with E-state index in [2.05, 4.69) is 4.98 Å². The van der Waals surface area contributed by atoms with E-state index in [0.29, 0.717) is 27.9 Å². The third-order valence-corrected chi connectivity index (χ3v) is 8.31. The topological polar surface area (TPSA) is 172 Å². The van der Waals surface area contributed by atoms with E-state index in [4.69, 9.17) is 23.9 Å². The fourth-order valence-corrected chi connectivity index (χ4v) is 5.97. The number of ether oxygens (including phenoxy) is 4. The van der Waals surface area contributed by atoms with Gasteiger partial charge >= 0.3 is 18.3 Å². The molecular formula is C40H53N7O9. The lowest BCUT2D eigenvalue weighted by Crippen LogP contribution is -2.38. The average molecular weight is 776 g/mol. The molecule has 2 aromatic carbocycles. The van der Waals surface area contributed by atoms with Crippen LogP contribution in [-0.4, -0.2) is 94.7 Å². The summed E-state index contributed by atoms with van der Waals surface area (Å²) in [5, 5.41) is 13.4. The van der Waals surface area contributed by atoms with E-state index in [1.807, 2.05) is 45.0 Å². The van der Waals surface area contributed by atoms with Gasteiger partial charge in [-0.3, -0.25) is 10.1 Å². The summed E-state index contributed by atoms with van der Waals surface area (Å²) in [5.41, 5.74) is -0.352. The molecule has 0 bridgehead atoms. The van der Waals surface area contributed by atoms with Crippen LogP contribution in [0.4, 0.5) is 37.4 Å². The van der Waals surface area contributed by atoms with E-state index in [9.17, 15) is 24.5 Å². The van der Waals surface area contributed by atoms with E-state index in [1.54, 1.807) is 73.5 Å². The van der Waals surface area contributed by atoms with Crippen LogP contribution in [0.25, 0.3) is 22.2 Å². The molecule has 0 saturated carbocycles. The zero-order valence-corrected chi connectivity index (χ0v) is 34.5. The number of hydrogen-bond acceptors (Lipinski definition) is 12. The third kappa shape index (κ3) is 9.65. The van der Waals surface area contributed by atoms with Gasteiger partial charge in [0.1, 0.15) is 28.3 Å². The second kappa shape index (κ2) is 16.4. The van der Waals surface area contributed by atoms with Crippen molar-refractivity contribution in [2.45, 2.75) is 85.9 Å². The molecule has 0 aliphatic rings. The van der Waals surface area contributed by atoms with Crippen LogP contribution in [0.2, 0.25) is 0 Å². The maximum absolute atomic E-state index is 14.2. The van der Waals surface area contributed by atoms with Gasteiger partial charge in [0.15, 0.2) is 0 Å². The Labute approximate surface area is 327 Å². The molecule has 4 aromatic rings. The van der Waals surface area contributed by atoms with Crippen LogP contribution < -0.4 is 14.5 Å². The maximum Gasteiger partial charge on any atom is 0.422 e. The van der Waals surface area contributed by atoms with Crippen LogP contribution in [0.5, 0.6) is 5.75 Å².